The largest absolute Gasteiger partial charge is 0.462 e. The summed E-state index contributed by atoms with van der Waals surface area (Å²) in [6, 6.07) is -1.06. The first kappa shape index (κ1) is 25.9. The maximum absolute atomic E-state index is 12.2. The van der Waals surface area contributed by atoms with Crippen LogP contribution in [0.1, 0.15) is 5.69 Å². The van der Waals surface area contributed by atoms with Gasteiger partial charge in [-0.15, -0.1) is 0 Å². The molecule has 2 saturated heterocycles. The fourth-order valence-corrected chi connectivity index (χ4v) is 3.61. The third kappa shape index (κ3) is 5.33. The number of esters is 1. The molecular weight excluding hydrogens is 450 g/mol. The first-order chi connectivity index (χ1) is 15.6. The Labute approximate surface area is 187 Å². The van der Waals surface area contributed by atoms with Crippen molar-refractivity contribution in [2.75, 3.05) is 19.8 Å². The second-order valence-corrected chi connectivity index (χ2v) is 7.89. The lowest BCUT2D eigenvalue weighted by Crippen LogP contribution is -2.63. The molecule has 1 aromatic rings. The van der Waals surface area contributed by atoms with Crippen LogP contribution in [0.15, 0.2) is 12.5 Å². The first-order valence-electron chi connectivity index (χ1n) is 10.2. The van der Waals surface area contributed by atoms with Crippen LogP contribution < -0.4 is 5.73 Å². The molecule has 0 amide bonds. The van der Waals surface area contributed by atoms with Gasteiger partial charge in [0.1, 0.15) is 62.0 Å². The third-order valence-electron chi connectivity index (χ3n) is 5.58. The number of aromatic nitrogens is 2. The summed E-state index contributed by atoms with van der Waals surface area (Å²) in [7, 11) is 0. The van der Waals surface area contributed by atoms with Gasteiger partial charge in [0.15, 0.2) is 6.29 Å². The fraction of sp³-hybridized carbons (Fsp3) is 0.778. The molecule has 0 radical (unpaired) electrons. The molecule has 2 aliphatic heterocycles. The average Bonchev–Trinajstić information content (AvgIpc) is 3.40. The van der Waals surface area contributed by atoms with E-state index in [9.17, 15) is 40.5 Å². The van der Waals surface area contributed by atoms with Gasteiger partial charge in [-0.25, -0.2) is 4.98 Å². The molecule has 0 spiro atoms. The number of hydrogen-bond acceptors (Lipinski definition) is 14. The topological polar surface area (TPSA) is 250 Å². The Balaban J connectivity index is 1.64. The Hall–Kier alpha value is -1.76. The number of imidazole rings is 1. The lowest BCUT2D eigenvalue weighted by atomic mass is 9.99. The van der Waals surface area contributed by atoms with Gasteiger partial charge in [-0.05, 0) is 0 Å². The van der Waals surface area contributed by atoms with Gasteiger partial charge < -0.3 is 65.4 Å². The van der Waals surface area contributed by atoms with Crippen LogP contribution in [0.5, 0.6) is 0 Å². The van der Waals surface area contributed by atoms with E-state index in [2.05, 4.69) is 9.97 Å². The summed E-state index contributed by atoms with van der Waals surface area (Å²) in [6.07, 6.45) is -10.4. The second kappa shape index (κ2) is 10.7. The van der Waals surface area contributed by atoms with Gasteiger partial charge in [0.2, 0.25) is 5.79 Å². The van der Waals surface area contributed by atoms with Gasteiger partial charge in [-0.1, -0.05) is 0 Å². The second-order valence-electron chi connectivity index (χ2n) is 7.89. The van der Waals surface area contributed by atoms with E-state index in [0.717, 1.165) is 0 Å². The highest BCUT2D eigenvalue weighted by Crippen LogP contribution is 2.36. The van der Waals surface area contributed by atoms with E-state index >= 15 is 0 Å². The van der Waals surface area contributed by atoms with Crippen molar-refractivity contribution in [3.63, 3.8) is 0 Å². The number of nitrogens with two attached hydrogens (primary N) is 1. The molecule has 2 fully saturated rings. The third-order valence-corrected chi connectivity index (χ3v) is 5.58. The molecule has 0 bridgehead atoms. The van der Waals surface area contributed by atoms with Crippen LogP contribution in [0, 0.1) is 0 Å². The summed E-state index contributed by atoms with van der Waals surface area (Å²) in [5.41, 5.74) is 6.37. The first-order valence-corrected chi connectivity index (χ1v) is 10.2. The molecule has 0 aromatic carbocycles. The SMILES string of the molecule is N[C@@H](Cc1cnc[nH]1)C(=O)OC[C@H]1O[C@H](O[C@]2(CO)O[C@H](CO)[C@@H](O)[C@@H]2O)[C@H](O)[C@@H](O)[C@@H]1O. The summed E-state index contributed by atoms with van der Waals surface area (Å²) in [4.78, 5) is 18.8. The smallest absolute Gasteiger partial charge is 0.323 e. The van der Waals surface area contributed by atoms with Crippen LogP contribution in [0.3, 0.4) is 0 Å². The summed E-state index contributed by atoms with van der Waals surface area (Å²) >= 11 is 0. The van der Waals surface area contributed by atoms with Crippen molar-refractivity contribution in [2.45, 2.75) is 67.3 Å². The fourth-order valence-electron chi connectivity index (χ4n) is 3.61. The standard InChI is InChI=1S/C18H29N3O12/c19-8(1-7-2-20-6-21-7)16(29)30-4-10-11(24)13(26)14(27)17(31-10)33-18(5-23)15(28)12(25)9(3-22)32-18/h2,6,8-15,17,22-28H,1,3-5,19H2,(H,20,21)/t8-,9+,10+,11+,12+,13-,14+,15-,17+,18-/m0/s1. The van der Waals surface area contributed by atoms with Gasteiger partial charge in [0, 0.05) is 18.3 Å². The van der Waals surface area contributed by atoms with Crippen LogP contribution in [-0.4, -0.2) is 132 Å². The molecule has 15 nitrogen and oxygen atoms in total. The molecule has 10 atom stereocenters. The number of carbonyl (C=O) groups is 1. The van der Waals surface area contributed by atoms with Crippen molar-refractivity contribution >= 4 is 5.97 Å². The number of nitrogens with zero attached hydrogens (tertiary/aromatic N) is 1. The monoisotopic (exact) mass is 479 g/mol. The van der Waals surface area contributed by atoms with Gasteiger partial charge >= 0.3 is 5.97 Å². The zero-order chi connectivity index (χ0) is 24.3. The number of H-pyrrole nitrogens is 1. The highest BCUT2D eigenvalue weighted by Gasteiger charge is 2.58. The van der Waals surface area contributed by atoms with E-state index in [0.29, 0.717) is 5.69 Å². The molecule has 3 rings (SSSR count). The molecule has 0 saturated carbocycles. The highest BCUT2D eigenvalue weighted by molar-refractivity contribution is 5.75. The van der Waals surface area contributed by atoms with Gasteiger partial charge in [-0.2, -0.15) is 0 Å². The molecule has 1 aromatic heterocycles. The minimum Gasteiger partial charge on any atom is -0.462 e. The maximum atomic E-state index is 12.2. The van der Waals surface area contributed by atoms with E-state index in [1.165, 1.54) is 12.5 Å². The van der Waals surface area contributed by atoms with Gasteiger partial charge in [-0.3, -0.25) is 4.79 Å². The Morgan fingerprint density at radius 1 is 1.15 bits per heavy atom. The number of aliphatic hydroxyl groups is 7. The van der Waals surface area contributed by atoms with Crippen LogP contribution in [0.4, 0.5) is 0 Å². The number of hydrogen-bond donors (Lipinski definition) is 9. The minimum absolute atomic E-state index is 0.0998. The number of ether oxygens (including phenoxy) is 4. The van der Waals surface area contributed by atoms with Gasteiger partial charge in [0.05, 0.1) is 12.9 Å². The van der Waals surface area contributed by atoms with Crippen molar-refractivity contribution in [3.05, 3.63) is 18.2 Å². The van der Waals surface area contributed by atoms with Crippen LogP contribution >= 0.6 is 0 Å². The van der Waals surface area contributed by atoms with Crippen LogP contribution in [0.25, 0.3) is 0 Å². The molecule has 15 heteroatoms. The molecule has 2 aliphatic rings. The Morgan fingerprint density at radius 2 is 1.88 bits per heavy atom. The zero-order valence-electron chi connectivity index (χ0n) is 17.4. The minimum atomic E-state index is -2.31. The Kier molecular flexibility index (Phi) is 8.35. The molecule has 0 aliphatic carbocycles. The van der Waals surface area contributed by atoms with Crippen LogP contribution in [-0.2, 0) is 30.2 Å². The highest BCUT2D eigenvalue weighted by atomic mass is 16.8. The summed E-state index contributed by atoms with van der Waals surface area (Å²) in [5, 5.41) is 69.8. The van der Waals surface area contributed by atoms with E-state index in [-0.39, 0.29) is 6.42 Å². The summed E-state index contributed by atoms with van der Waals surface area (Å²) in [5.74, 6) is -3.15. The van der Waals surface area contributed by atoms with Gasteiger partial charge in [0.25, 0.3) is 0 Å². The summed E-state index contributed by atoms with van der Waals surface area (Å²) in [6.45, 7) is -2.32. The quantitative estimate of drug-likeness (QED) is 0.150. The van der Waals surface area contributed by atoms with Crippen molar-refractivity contribution in [2.24, 2.45) is 5.73 Å². The zero-order valence-corrected chi connectivity index (χ0v) is 17.4. The summed E-state index contributed by atoms with van der Waals surface area (Å²) < 4.78 is 21.1. The van der Waals surface area contributed by atoms with E-state index in [4.69, 9.17) is 24.7 Å². The van der Waals surface area contributed by atoms with Crippen molar-refractivity contribution in [3.8, 4) is 0 Å². The molecule has 0 unspecified atom stereocenters. The Morgan fingerprint density at radius 3 is 2.45 bits per heavy atom. The predicted octanol–water partition coefficient (Wildman–Crippen LogP) is -5.55. The maximum Gasteiger partial charge on any atom is 0.323 e. The van der Waals surface area contributed by atoms with E-state index in [1.807, 2.05) is 0 Å². The number of rotatable bonds is 9. The number of aromatic amines is 1. The lowest BCUT2D eigenvalue weighted by molar-refractivity contribution is -0.383. The molecule has 10 N–H and O–H groups in total. The predicted molar refractivity (Wildman–Crippen MR) is 103 cm³/mol. The molecule has 3 heterocycles. The number of nitrogens with one attached hydrogen (secondary N) is 1. The lowest BCUT2D eigenvalue weighted by Gasteiger charge is -2.43. The normalized spacial score (nSPS) is 40.0. The Bertz CT molecular complexity index is 769. The van der Waals surface area contributed by atoms with Crippen molar-refractivity contribution in [1.29, 1.82) is 0 Å². The van der Waals surface area contributed by atoms with E-state index < -0.39 is 86.6 Å². The molecular formula is C18H29N3O12. The number of aliphatic hydroxyl groups excluding tert-OH is 7. The molecule has 33 heavy (non-hydrogen) atoms. The molecule has 188 valence electrons. The van der Waals surface area contributed by atoms with Crippen molar-refractivity contribution < 1.29 is 59.5 Å². The van der Waals surface area contributed by atoms with Crippen LogP contribution in [0.2, 0.25) is 0 Å². The van der Waals surface area contributed by atoms with Crippen molar-refractivity contribution in [1.82, 2.24) is 9.97 Å². The van der Waals surface area contributed by atoms with E-state index in [1.54, 1.807) is 0 Å². The average molecular weight is 479 g/mol. The number of carbonyl (C=O) groups excluding carboxylic acids is 1.